The summed E-state index contributed by atoms with van der Waals surface area (Å²) in [5.41, 5.74) is 4.84. The molecule has 1 heterocycles. The minimum Gasteiger partial charge on any atom is -0.378 e. The lowest BCUT2D eigenvalue weighted by atomic mass is 9.68. The van der Waals surface area contributed by atoms with Crippen LogP contribution in [0.1, 0.15) is 78.9 Å². The van der Waals surface area contributed by atoms with Gasteiger partial charge in [-0.2, -0.15) is 0 Å². The molecule has 2 N–H and O–H groups in total. The van der Waals surface area contributed by atoms with E-state index in [9.17, 15) is 4.79 Å². The topological polar surface area (TPSA) is 41.1 Å². The zero-order valence-electron chi connectivity index (χ0n) is 17.4. The monoisotopic (exact) mass is 388 g/mol. The number of rotatable bonds is 6. The summed E-state index contributed by atoms with van der Waals surface area (Å²) in [6.45, 7) is 2.96. The second-order valence-corrected chi connectivity index (χ2v) is 9.23. The van der Waals surface area contributed by atoms with Crippen LogP contribution < -0.4 is 10.6 Å². The molecule has 29 heavy (non-hydrogen) atoms. The maximum Gasteiger partial charge on any atom is 0.251 e. The number of nitrogens with one attached hydrogen (secondary N) is 2. The molecule has 0 aromatic heterocycles. The van der Waals surface area contributed by atoms with Crippen molar-refractivity contribution in [2.24, 2.45) is 17.8 Å². The molecule has 152 valence electrons. The number of fused-ring (bicyclic) bond motifs is 7. The third kappa shape index (κ3) is 3.35. The van der Waals surface area contributed by atoms with E-state index in [1.165, 1.54) is 48.9 Å². The van der Waals surface area contributed by atoms with Crippen molar-refractivity contribution in [2.75, 3.05) is 11.9 Å². The van der Waals surface area contributed by atoms with Gasteiger partial charge in [-0.3, -0.25) is 4.79 Å². The minimum atomic E-state index is 0.0776. The van der Waals surface area contributed by atoms with Crippen LogP contribution in [-0.2, 0) is 0 Å². The molecule has 5 atom stereocenters. The summed E-state index contributed by atoms with van der Waals surface area (Å²) in [7, 11) is 0. The largest absolute Gasteiger partial charge is 0.378 e. The smallest absolute Gasteiger partial charge is 0.251 e. The Bertz CT molecular complexity index is 878. The van der Waals surface area contributed by atoms with E-state index < -0.39 is 0 Å². The van der Waals surface area contributed by atoms with E-state index in [1.807, 2.05) is 6.07 Å². The number of unbranched alkanes of at least 4 members (excludes halogenated alkanes) is 2. The summed E-state index contributed by atoms with van der Waals surface area (Å²) in [4.78, 5) is 12.7. The first-order chi connectivity index (χ1) is 14.3. The van der Waals surface area contributed by atoms with Gasteiger partial charge in [0.25, 0.3) is 5.91 Å². The standard InChI is InChI=1S/C26H32N2O/c1-2-3-7-14-27-26(29)20-12-13-22-21(16-20)23-18-10-11-19(15-18)24(23)25(28-22)17-8-5-4-6-9-17/h4-6,8-9,12-13,16,18-19,23-25,28H,2-3,7,10-11,14-15H2,1H3,(H,27,29)/t18-,19-,23-,24-,25+/m0/s1. The third-order valence-electron chi connectivity index (χ3n) is 7.57. The molecular weight excluding hydrogens is 356 g/mol. The van der Waals surface area contributed by atoms with Crippen LogP contribution in [0.4, 0.5) is 5.69 Å². The average molecular weight is 389 g/mol. The van der Waals surface area contributed by atoms with Crippen molar-refractivity contribution in [2.45, 2.75) is 57.4 Å². The summed E-state index contributed by atoms with van der Waals surface area (Å²) in [6, 6.07) is 17.7. The van der Waals surface area contributed by atoms with E-state index in [-0.39, 0.29) is 5.91 Å². The van der Waals surface area contributed by atoms with Gasteiger partial charge in [0.2, 0.25) is 0 Å². The quantitative estimate of drug-likeness (QED) is 0.605. The van der Waals surface area contributed by atoms with Gasteiger partial charge in [0.1, 0.15) is 0 Å². The Morgan fingerprint density at radius 3 is 2.72 bits per heavy atom. The number of hydrogen-bond donors (Lipinski definition) is 2. The summed E-state index contributed by atoms with van der Waals surface area (Å²) >= 11 is 0. The highest BCUT2D eigenvalue weighted by Gasteiger charge is 2.53. The van der Waals surface area contributed by atoms with Gasteiger partial charge in [-0.1, -0.05) is 50.1 Å². The maximum absolute atomic E-state index is 12.7. The van der Waals surface area contributed by atoms with Crippen molar-refractivity contribution >= 4 is 11.6 Å². The van der Waals surface area contributed by atoms with Crippen molar-refractivity contribution in [1.29, 1.82) is 0 Å². The third-order valence-corrected chi connectivity index (χ3v) is 7.57. The molecule has 0 unspecified atom stereocenters. The van der Waals surface area contributed by atoms with Crippen molar-refractivity contribution in [3.8, 4) is 0 Å². The molecule has 0 radical (unpaired) electrons. The molecule has 0 saturated heterocycles. The van der Waals surface area contributed by atoms with Crippen LogP contribution in [0.5, 0.6) is 0 Å². The Kier molecular flexibility index (Phi) is 5.07. The summed E-state index contributed by atoms with van der Waals surface area (Å²) in [5, 5.41) is 6.97. The van der Waals surface area contributed by atoms with E-state index in [0.29, 0.717) is 17.9 Å². The van der Waals surface area contributed by atoms with Crippen LogP contribution in [0, 0.1) is 17.8 Å². The molecule has 3 nitrogen and oxygen atoms in total. The van der Waals surface area contributed by atoms with E-state index in [1.54, 1.807) is 0 Å². The highest BCUT2D eigenvalue weighted by molar-refractivity contribution is 5.95. The van der Waals surface area contributed by atoms with Crippen LogP contribution in [0.2, 0.25) is 0 Å². The second-order valence-electron chi connectivity index (χ2n) is 9.23. The van der Waals surface area contributed by atoms with Gasteiger partial charge >= 0.3 is 0 Å². The predicted octanol–water partition coefficient (Wildman–Crippen LogP) is 5.90. The number of carbonyl (C=O) groups excluding carboxylic acids is 1. The van der Waals surface area contributed by atoms with Gasteiger partial charge in [-0.25, -0.2) is 0 Å². The highest BCUT2D eigenvalue weighted by Crippen LogP contribution is 2.63. The van der Waals surface area contributed by atoms with Crippen LogP contribution >= 0.6 is 0 Å². The van der Waals surface area contributed by atoms with Gasteiger partial charge in [0.15, 0.2) is 0 Å². The van der Waals surface area contributed by atoms with E-state index in [2.05, 4.69) is 60.0 Å². The van der Waals surface area contributed by atoms with Crippen LogP contribution in [0.25, 0.3) is 0 Å². The Morgan fingerprint density at radius 1 is 1.07 bits per heavy atom. The Balaban J connectivity index is 1.44. The van der Waals surface area contributed by atoms with E-state index in [4.69, 9.17) is 0 Å². The fourth-order valence-electron chi connectivity index (χ4n) is 6.30. The molecule has 2 aliphatic carbocycles. The van der Waals surface area contributed by atoms with E-state index >= 15 is 0 Å². The van der Waals surface area contributed by atoms with Gasteiger partial charge in [-0.05, 0) is 78.7 Å². The lowest BCUT2D eigenvalue weighted by molar-refractivity contribution is 0.0952. The summed E-state index contributed by atoms with van der Waals surface area (Å²) < 4.78 is 0. The molecule has 2 bridgehead atoms. The zero-order valence-corrected chi connectivity index (χ0v) is 17.4. The normalized spacial score (nSPS) is 29.1. The Morgan fingerprint density at radius 2 is 1.90 bits per heavy atom. The molecule has 1 amide bonds. The number of hydrogen-bond acceptors (Lipinski definition) is 2. The fourth-order valence-corrected chi connectivity index (χ4v) is 6.30. The summed E-state index contributed by atoms with van der Waals surface area (Å²) in [6.07, 6.45) is 7.47. The van der Waals surface area contributed by atoms with Gasteiger partial charge in [-0.15, -0.1) is 0 Å². The molecule has 3 heteroatoms. The SMILES string of the molecule is CCCCCNC(=O)c1ccc2c(c1)[C@@H]1[C@H]3CC[C@@H](C3)[C@@H]1[C@@H](c1ccccc1)N2. The lowest BCUT2D eigenvalue weighted by Gasteiger charge is -2.43. The highest BCUT2D eigenvalue weighted by atomic mass is 16.1. The Hall–Kier alpha value is -2.29. The predicted molar refractivity (Wildman–Crippen MR) is 118 cm³/mol. The second kappa shape index (κ2) is 7.85. The molecule has 2 fully saturated rings. The maximum atomic E-state index is 12.7. The molecule has 1 aliphatic heterocycles. The number of anilines is 1. The minimum absolute atomic E-state index is 0.0776. The molecule has 2 aromatic rings. The zero-order chi connectivity index (χ0) is 19.8. The molecule has 0 spiro atoms. The molecule has 5 rings (SSSR count). The lowest BCUT2D eigenvalue weighted by Crippen LogP contribution is -2.35. The Labute approximate surface area is 174 Å². The van der Waals surface area contributed by atoms with Gasteiger partial charge in [0, 0.05) is 17.8 Å². The number of benzene rings is 2. The van der Waals surface area contributed by atoms with Gasteiger partial charge in [0.05, 0.1) is 6.04 Å². The average Bonchev–Trinajstić information content (AvgIpc) is 3.39. The molecule has 2 saturated carbocycles. The fraction of sp³-hybridized carbons (Fsp3) is 0.500. The van der Waals surface area contributed by atoms with Crippen LogP contribution in [-0.4, -0.2) is 12.5 Å². The summed E-state index contributed by atoms with van der Waals surface area (Å²) in [5.74, 6) is 2.89. The molecular formula is C26H32N2O. The first-order valence-electron chi connectivity index (χ1n) is 11.5. The van der Waals surface area contributed by atoms with Crippen molar-refractivity contribution in [1.82, 2.24) is 5.32 Å². The first-order valence-corrected chi connectivity index (χ1v) is 11.5. The van der Waals surface area contributed by atoms with Crippen LogP contribution in [0.3, 0.4) is 0 Å². The van der Waals surface area contributed by atoms with Gasteiger partial charge < -0.3 is 10.6 Å². The van der Waals surface area contributed by atoms with E-state index in [0.717, 1.165) is 30.4 Å². The van der Waals surface area contributed by atoms with Crippen molar-refractivity contribution in [3.63, 3.8) is 0 Å². The van der Waals surface area contributed by atoms with Crippen molar-refractivity contribution in [3.05, 3.63) is 65.2 Å². The molecule has 3 aliphatic rings. The first kappa shape index (κ1) is 18.7. The number of carbonyl (C=O) groups is 1. The number of amides is 1. The van der Waals surface area contributed by atoms with Crippen molar-refractivity contribution < 1.29 is 4.79 Å². The van der Waals surface area contributed by atoms with Crippen LogP contribution in [0.15, 0.2) is 48.5 Å². The molecule has 2 aromatic carbocycles.